The number of benzene rings is 2. The Balaban J connectivity index is 0.00000240. The predicted molar refractivity (Wildman–Crippen MR) is 119 cm³/mol. The van der Waals surface area contributed by atoms with Crippen molar-refractivity contribution in [2.45, 2.75) is 38.0 Å². The van der Waals surface area contributed by atoms with Crippen LogP contribution >= 0.6 is 24.0 Å². The van der Waals surface area contributed by atoms with Gasteiger partial charge in [-0.2, -0.15) is 0 Å². The lowest BCUT2D eigenvalue weighted by Gasteiger charge is -2.33. The highest BCUT2D eigenvalue weighted by atomic mass is 35.5. The van der Waals surface area contributed by atoms with E-state index in [1.54, 1.807) is 12.1 Å². The quantitative estimate of drug-likeness (QED) is 0.586. The first-order chi connectivity index (χ1) is 13.6. The molecule has 4 rings (SSSR count). The minimum absolute atomic E-state index is 0. The van der Waals surface area contributed by atoms with Crippen molar-refractivity contribution in [2.75, 3.05) is 19.6 Å². The second kappa shape index (κ2) is 9.88. The molecule has 0 N–H and O–H groups in total. The molecular weight excluding hydrogens is 405 g/mol. The first-order valence-corrected chi connectivity index (χ1v) is 10.6. The van der Waals surface area contributed by atoms with Gasteiger partial charge in [0, 0.05) is 17.0 Å². The average Bonchev–Trinajstić information content (AvgIpc) is 2.74. The molecular formula is C24H27Cl2NO2. The maximum absolute atomic E-state index is 12.9. The van der Waals surface area contributed by atoms with Crippen LogP contribution in [0.5, 0.6) is 0 Å². The Kier molecular flexibility index (Phi) is 7.50. The van der Waals surface area contributed by atoms with E-state index in [1.165, 1.54) is 18.4 Å². The summed E-state index contributed by atoms with van der Waals surface area (Å²) in [7, 11) is 0. The fraction of sp³-hybridized carbons (Fsp3) is 0.417. The van der Waals surface area contributed by atoms with Crippen LogP contribution < -0.4 is 0 Å². The van der Waals surface area contributed by atoms with Crippen molar-refractivity contribution in [1.82, 2.24) is 4.90 Å². The van der Waals surface area contributed by atoms with Crippen LogP contribution in [0, 0.1) is 5.92 Å². The highest BCUT2D eigenvalue weighted by Crippen LogP contribution is 2.32. The molecule has 1 aliphatic carbocycles. The van der Waals surface area contributed by atoms with E-state index in [0.29, 0.717) is 17.0 Å². The van der Waals surface area contributed by atoms with Crippen LogP contribution in [0.3, 0.4) is 0 Å². The van der Waals surface area contributed by atoms with Gasteiger partial charge in [-0.1, -0.05) is 42.5 Å². The van der Waals surface area contributed by atoms with Crippen molar-refractivity contribution in [3.8, 4) is 0 Å². The Bertz CT molecular complexity index is 860. The number of rotatable bonds is 5. The van der Waals surface area contributed by atoms with E-state index in [-0.39, 0.29) is 24.1 Å². The summed E-state index contributed by atoms with van der Waals surface area (Å²) in [6.45, 7) is 3.17. The maximum Gasteiger partial charge on any atom is 0.252 e. The summed E-state index contributed by atoms with van der Waals surface area (Å²) in [5, 5.41) is -0.468. The standard InChI is InChI=1S/C24H26ClNO2.ClH/c25-24(28)22-8-4-7-21-20(22)10-9-19(23(21)27)13-16-26-14-11-18(12-15-26)17-5-2-1-3-6-17;/h1-8,18-19H,9-16H2;1H. The summed E-state index contributed by atoms with van der Waals surface area (Å²) in [5.41, 5.74) is 3.48. The molecule has 154 valence electrons. The number of hydrogen-bond acceptors (Lipinski definition) is 3. The van der Waals surface area contributed by atoms with Crippen molar-refractivity contribution in [1.29, 1.82) is 0 Å². The van der Waals surface area contributed by atoms with Gasteiger partial charge >= 0.3 is 0 Å². The van der Waals surface area contributed by atoms with Crippen molar-refractivity contribution < 1.29 is 9.59 Å². The van der Waals surface area contributed by atoms with E-state index in [2.05, 4.69) is 35.2 Å². The molecule has 1 atom stereocenters. The molecule has 1 heterocycles. The van der Waals surface area contributed by atoms with E-state index < -0.39 is 5.24 Å². The molecule has 0 bridgehead atoms. The molecule has 1 aliphatic heterocycles. The van der Waals surface area contributed by atoms with Crippen molar-refractivity contribution in [2.24, 2.45) is 5.92 Å². The zero-order chi connectivity index (χ0) is 19.5. The van der Waals surface area contributed by atoms with Gasteiger partial charge in [0.15, 0.2) is 5.78 Å². The van der Waals surface area contributed by atoms with E-state index in [4.69, 9.17) is 11.6 Å². The zero-order valence-electron chi connectivity index (χ0n) is 16.5. The second-order valence-corrected chi connectivity index (χ2v) is 8.36. The number of carbonyl (C=O) groups is 2. The largest absolute Gasteiger partial charge is 0.303 e. The summed E-state index contributed by atoms with van der Waals surface area (Å²) in [5.74, 6) is 0.896. The molecule has 2 aromatic carbocycles. The number of halogens is 2. The zero-order valence-corrected chi connectivity index (χ0v) is 18.1. The predicted octanol–water partition coefficient (Wildman–Crippen LogP) is 5.50. The lowest BCUT2D eigenvalue weighted by atomic mass is 9.79. The van der Waals surface area contributed by atoms with Gasteiger partial charge in [-0.3, -0.25) is 9.59 Å². The van der Waals surface area contributed by atoms with Crippen molar-refractivity contribution in [3.63, 3.8) is 0 Å². The third kappa shape index (κ3) is 4.91. The van der Waals surface area contributed by atoms with Gasteiger partial charge in [0.05, 0.1) is 0 Å². The third-order valence-electron chi connectivity index (χ3n) is 6.42. The van der Waals surface area contributed by atoms with E-state index >= 15 is 0 Å². The number of piperidine rings is 1. The van der Waals surface area contributed by atoms with E-state index in [1.807, 2.05) is 6.07 Å². The normalized spacial score (nSPS) is 20.0. The first-order valence-electron chi connectivity index (χ1n) is 10.3. The number of Topliss-reactive ketones (excluding diaryl/α,β-unsaturated/α-hetero) is 1. The second-order valence-electron chi connectivity index (χ2n) is 8.02. The molecule has 3 nitrogen and oxygen atoms in total. The summed E-state index contributed by atoms with van der Waals surface area (Å²) in [6, 6.07) is 16.1. The SMILES string of the molecule is Cl.O=C(Cl)c1cccc2c1CCC(CCN1CCC(c3ccccc3)CC1)C2=O. The maximum atomic E-state index is 12.9. The van der Waals surface area contributed by atoms with Crippen LogP contribution in [0.25, 0.3) is 0 Å². The topological polar surface area (TPSA) is 37.4 Å². The minimum Gasteiger partial charge on any atom is -0.303 e. The lowest BCUT2D eigenvalue weighted by molar-refractivity contribution is 0.0877. The molecule has 1 unspecified atom stereocenters. The Morgan fingerprint density at radius 1 is 1.00 bits per heavy atom. The molecule has 0 spiro atoms. The summed E-state index contributed by atoms with van der Waals surface area (Å²) < 4.78 is 0. The number of ketones is 1. The summed E-state index contributed by atoms with van der Waals surface area (Å²) in [6.07, 6.45) is 4.84. The van der Waals surface area contributed by atoms with Gasteiger partial charge in [-0.05, 0) is 86.5 Å². The van der Waals surface area contributed by atoms with Gasteiger partial charge in [0.2, 0.25) is 0 Å². The minimum atomic E-state index is -0.468. The molecule has 2 aliphatic rings. The molecule has 1 fully saturated rings. The molecule has 0 aromatic heterocycles. The van der Waals surface area contributed by atoms with Crippen molar-refractivity contribution >= 4 is 35.0 Å². The molecule has 0 saturated carbocycles. The van der Waals surface area contributed by atoms with E-state index in [9.17, 15) is 9.59 Å². The van der Waals surface area contributed by atoms with Gasteiger partial charge in [0.1, 0.15) is 0 Å². The molecule has 0 radical (unpaired) electrons. The average molecular weight is 432 g/mol. The smallest absolute Gasteiger partial charge is 0.252 e. The Morgan fingerprint density at radius 3 is 2.41 bits per heavy atom. The number of nitrogens with zero attached hydrogens (tertiary/aromatic N) is 1. The number of fused-ring (bicyclic) bond motifs is 1. The van der Waals surface area contributed by atoms with Gasteiger partial charge < -0.3 is 4.90 Å². The highest BCUT2D eigenvalue weighted by molar-refractivity contribution is 6.68. The molecule has 5 heteroatoms. The summed E-state index contributed by atoms with van der Waals surface area (Å²) in [4.78, 5) is 27.0. The fourth-order valence-electron chi connectivity index (χ4n) is 4.77. The highest BCUT2D eigenvalue weighted by Gasteiger charge is 2.30. The van der Waals surface area contributed by atoms with Crippen LogP contribution in [-0.4, -0.2) is 35.6 Å². The Morgan fingerprint density at radius 2 is 1.72 bits per heavy atom. The lowest BCUT2D eigenvalue weighted by Crippen LogP contribution is -2.36. The number of hydrogen-bond donors (Lipinski definition) is 0. The van der Waals surface area contributed by atoms with Crippen LogP contribution in [0.2, 0.25) is 0 Å². The van der Waals surface area contributed by atoms with Crippen LogP contribution in [-0.2, 0) is 6.42 Å². The molecule has 2 aromatic rings. The molecule has 0 amide bonds. The Labute approximate surface area is 183 Å². The van der Waals surface area contributed by atoms with Gasteiger partial charge in [-0.25, -0.2) is 0 Å². The fourth-order valence-corrected chi connectivity index (χ4v) is 4.95. The number of carbonyl (C=O) groups excluding carboxylic acids is 2. The van der Waals surface area contributed by atoms with Gasteiger partial charge in [0.25, 0.3) is 5.24 Å². The number of likely N-dealkylation sites (tertiary alicyclic amines) is 1. The van der Waals surface area contributed by atoms with Crippen LogP contribution in [0.15, 0.2) is 48.5 Å². The molecule has 1 saturated heterocycles. The van der Waals surface area contributed by atoms with Crippen molar-refractivity contribution in [3.05, 3.63) is 70.8 Å². The van der Waals surface area contributed by atoms with Gasteiger partial charge in [-0.15, -0.1) is 12.4 Å². The summed E-state index contributed by atoms with van der Waals surface area (Å²) >= 11 is 5.69. The Hall–Kier alpha value is -1.68. The monoisotopic (exact) mass is 431 g/mol. The first kappa shape index (κ1) is 22.0. The van der Waals surface area contributed by atoms with E-state index in [0.717, 1.165) is 44.5 Å². The van der Waals surface area contributed by atoms with Crippen LogP contribution in [0.4, 0.5) is 0 Å². The third-order valence-corrected chi connectivity index (χ3v) is 6.62. The molecule has 29 heavy (non-hydrogen) atoms. The van der Waals surface area contributed by atoms with Crippen LogP contribution in [0.1, 0.15) is 63.4 Å².